The number of nitrogens with zero attached hydrogens (tertiary/aromatic N) is 2. The molecule has 96 valence electrons. The molecule has 0 saturated carbocycles. The van der Waals surface area contributed by atoms with Gasteiger partial charge < -0.3 is 0 Å². The van der Waals surface area contributed by atoms with Gasteiger partial charge in [-0.2, -0.15) is 9.40 Å². The maximum atomic E-state index is 12.4. The Kier molecular flexibility index (Phi) is 3.75. The molecule has 2 heterocycles. The number of nitrogens with one attached hydrogen (secondary N) is 1. The second kappa shape index (κ2) is 4.96. The average Bonchev–Trinajstić information content (AvgIpc) is 2.72. The lowest BCUT2D eigenvalue weighted by Crippen LogP contribution is -2.36. The van der Waals surface area contributed by atoms with Crippen molar-refractivity contribution in [2.24, 2.45) is 0 Å². The first-order chi connectivity index (χ1) is 8.07. The van der Waals surface area contributed by atoms with Crippen LogP contribution in [0.5, 0.6) is 0 Å². The van der Waals surface area contributed by atoms with E-state index in [-0.39, 0.29) is 10.9 Å². The van der Waals surface area contributed by atoms with E-state index in [1.807, 2.05) is 0 Å². The highest BCUT2D eigenvalue weighted by Gasteiger charge is 2.30. The second-order valence-electron chi connectivity index (χ2n) is 4.23. The molecular weight excluding hydrogens is 262 g/mol. The molecule has 7 heteroatoms. The van der Waals surface area contributed by atoms with Gasteiger partial charge in [-0.15, -0.1) is 11.6 Å². The van der Waals surface area contributed by atoms with Crippen LogP contribution >= 0.6 is 11.6 Å². The third kappa shape index (κ3) is 2.34. The van der Waals surface area contributed by atoms with Gasteiger partial charge in [0.2, 0.25) is 0 Å². The zero-order valence-corrected chi connectivity index (χ0v) is 11.3. The lowest BCUT2D eigenvalue weighted by atomic mass is 10.2. The highest BCUT2D eigenvalue weighted by Crippen LogP contribution is 2.24. The summed E-state index contributed by atoms with van der Waals surface area (Å²) in [5, 5.41) is 6.68. The van der Waals surface area contributed by atoms with Gasteiger partial charge in [0.25, 0.3) is 10.0 Å². The lowest BCUT2D eigenvalue weighted by molar-refractivity contribution is 0.345. The quantitative estimate of drug-likeness (QED) is 0.854. The van der Waals surface area contributed by atoms with Crippen LogP contribution in [0.3, 0.4) is 0 Å². The van der Waals surface area contributed by atoms with Gasteiger partial charge in [0.15, 0.2) is 5.03 Å². The fourth-order valence-corrected chi connectivity index (χ4v) is 4.12. The van der Waals surface area contributed by atoms with Gasteiger partial charge in [-0.3, -0.25) is 5.10 Å². The average molecular weight is 278 g/mol. The highest BCUT2D eigenvalue weighted by atomic mass is 35.5. The molecule has 1 aliphatic rings. The van der Waals surface area contributed by atoms with E-state index in [1.165, 1.54) is 4.31 Å². The van der Waals surface area contributed by atoms with Crippen molar-refractivity contribution in [1.29, 1.82) is 0 Å². The molecule has 1 saturated heterocycles. The van der Waals surface area contributed by atoms with Crippen molar-refractivity contribution < 1.29 is 8.42 Å². The zero-order valence-electron chi connectivity index (χ0n) is 9.74. The number of alkyl halides is 1. The Morgan fingerprint density at radius 2 is 2.00 bits per heavy atom. The molecule has 17 heavy (non-hydrogen) atoms. The lowest BCUT2D eigenvalue weighted by Gasteiger charge is -2.25. The van der Waals surface area contributed by atoms with E-state index >= 15 is 0 Å². The van der Waals surface area contributed by atoms with Gasteiger partial charge in [0.05, 0.1) is 5.88 Å². The smallest absolute Gasteiger partial charge is 0.262 e. The van der Waals surface area contributed by atoms with E-state index in [9.17, 15) is 8.42 Å². The molecule has 2 rings (SSSR count). The van der Waals surface area contributed by atoms with E-state index in [2.05, 4.69) is 10.2 Å². The van der Waals surface area contributed by atoms with Crippen molar-refractivity contribution in [1.82, 2.24) is 14.5 Å². The Labute approximate surface area is 106 Å². The summed E-state index contributed by atoms with van der Waals surface area (Å²) in [6.07, 6.45) is 2.92. The van der Waals surface area contributed by atoms with Crippen molar-refractivity contribution in [3.05, 3.63) is 11.3 Å². The van der Waals surface area contributed by atoms with Crippen molar-refractivity contribution in [3.8, 4) is 0 Å². The molecule has 1 fully saturated rings. The van der Waals surface area contributed by atoms with Gasteiger partial charge in [0, 0.05) is 24.3 Å². The van der Waals surface area contributed by atoms with Gasteiger partial charge >= 0.3 is 0 Å². The van der Waals surface area contributed by atoms with Gasteiger partial charge in [0.1, 0.15) is 0 Å². The molecule has 1 aromatic rings. The molecule has 0 aliphatic carbocycles. The molecular formula is C10H16ClN3O2S. The maximum absolute atomic E-state index is 12.4. The minimum absolute atomic E-state index is 0.0897. The first-order valence-corrected chi connectivity index (χ1v) is 7.65. The number of hydrogen-bond acceptors (Lipinski definition) is 3. The summed E-state index contributed by atoms with van der Waals surface area (Å²) >= 11 is 5.78. The minimum Gasteiger partial charge on any atom is -0.281 e. The number of halogens is 1. The van der Waals surface area contributed by atoms with E-state index in [1.54, 1.807) is 6.92 Å². The number of rotatable bonds is 3. The van der Waals surface area contributed by atoms with Crippen LogP contribution in [0.1, 0.15) is 30.5 Å². The topological polar surface area (TPSA) is 66.1 Å². The van der Waals surface area contributed by atoms with Crippen LogP contribution in [0.15, 0.2) is 5.03 Å². The standard InChI is InChI=1S/C10H16ClN3O2S/c1-8-9(7-11)10(13-12-8)17(15,16)14-5-3-2-4-6-14/h2-7H2,1H3,(H,12,13). The van der Waals surface area contributed by atoms with E-state index in [0.717, 1.165) is 25.0 Å². The summed E-state index contributed by atoms with van der Waals surface area (Å²) in [7, 11) is -3.48. The van der Waals surface area contributed by atoms with Crippen LogP contribution < -0.4 is 0 Å². The van der Waals surface area contributed by atoms with E-state index < -0.39 is 10.0 Å². The Hall–Kier alpha value is -0.590. The summed E-state index contributed by atoms with van der Waals surface area (Å²) in [5.74, 6) is 0.157. The maximum Gasteiger partial charge on any atom is 0.262 e. The molecule has 0 spiro atoms. The number of aryl methyl sites for hydroxylation is 1. The highest BCUT2D eigenvalue weighted by molar-refractivity contribution is 7.89. The third-order valence-electron chi connectivity index (χ3n) is 3.07. The fourth-order valence-electron chi connectivity index (χ4n) is 2.03. The molecule has 0 unspecified atom stereocenters. The predicted octanol–water partition coefficient (Wildman–Crippen LogP) is 1.63. The van der Waals surface area contributed by atoms with Gasteiger partial charge in [-0.25, -0.2) is 8.42 Å². The van der Waals surface area contributed by atoms with Gasteiger partial charge in [-0.05, 0) is 19.8 Å². The SMILES string of the molecule is Cc1[nH]nc(S(=O)(=O)N2CCCCC2)c1CCl. The Morgan fingerprint density at radius 1 is 1.35 bits per heavy atom. The van der Waals surface area contributed by atoms with Crippen LogP contribution in [-0.2, 0) is 15.9 Å². The number of piperidine rings is 1. The monoisotopic (exact) mass is 277 g/mol. The summed E-state index contributed by atoms with van der Waals surface area (Å²) < 4.78 is 26.2. The van der Waals surface area contributed by atoms with Crippen LogP contribution in [0.25, 0.3) is 0 Å². The third-order valence-corrected chi connectivity index (χ3v) is 5.21. The molecule has 0 radical (unpaired) electrons. The molecule has 0 amide bonds. The molecule has 0 atom stereocenters. The molecule has 1 aliphatic heterocycles. The molecule has 5 nitrogen and oxygen atoms in total. The molecule has 1 aromatic heterocycles. The molecule has 0 aromatic carbocycles. The van der Waals surface area contributed by atoms with Crippen molar-refractivity contribution in [2.75, 3.05) is 13.1 Å². The second-order valence-corrected chi connectivity index (χ2v) is 6.35. The summed E-state index contributed by atoms with van der Waals surface area (Å²) in [6.45, 7) is 2.94. The number of sulfonamides is 1. The number of aromatic amines is 1. The van der Waals surface area contributed by atoms with E-state index in [4.69, 9.17) is 11.6 Å². The zero-order chi connectivity index (χ0) is 12.5. The van der Waals surface area contributed by atoms with E-state index in [0.29, 0.717) is 18.7 Å². The van der Waals surface area contributed by atoms with Crippen molar-refractivity contribution in [2.45, 2.75) is 37.1 Å². The summed E-state index contributed by atoms with van der Waals surface area (Å²) in [5.41, 5.74) is 1.30. The first kappa shape index (κ1) is 12.9. The van der Waals surface area contributed by atoms with Crippen LogP contribution in [-0.4, -0.2) is 36.0 Å². The summed E-state index contributed by atoms with van der Waals surface area (Å²) in [6, 6.07) is 0. The van der Waals surface area contributed by atoms with Crippen LogP contribution in [0, 0.1) is 6.92 Å². The largest absolute Gasteiger partial charge is 0.281 e. The molecule has 1 N–H and O–H groups in total. The van der Waals surface area contributed by atoms with Crippen molar-refractivity contribution >= 4 is 21.6 Å². The van der Waals surface area contributed by atoms with Crippen LogP contribution in [0.4, 0.5) is 0 Å². The minimum atomic E-state index is -3.48. The predicted molar refractivity (Wildman–Crippen MR) is 65.5 cm³/mol. The first-order valence-electron chi connectivity index (χ1n) is 5.67. The number of aromatic nitrogens is 2. The molecule has 0 bridgehead atoms. The summed E-state index contributed by atoms with van der Waals surface area (Å²) in [4.78, 5) is 0. The Bertz CT molecular complexity index is 492. The van der Waals surface area contributed by atoms with Gasteiger partial charge in [-0.1, -0.05) is 6.42 Å². The van der Waals surface area contributed by atoms with Crippen LogP contribution in [0.2, 0.25) is 0 Å². The Balaban J connectivity index is 2.36. The normalized spacial score (nSPS) is 18.5. The Morgan fingerprint density at radius 3 is 2.59 bits per heavy atom. The number of hydrogen-bond donors (Lipinski definition) is 1. The van der Waals surface area contributed by atoms with Crippen molar-refractivity contribution in [3.63, 3.8) is 0 Å². The number of H-pyrrole nitrogens is 1. The fraction of sp³-hybridized carbons (Fsp3) is 0.700.